The van der Waals surface area contributed by atoms with Crippen LogP contribution < -0.4 is 4.90 Å². The molecule has 148 valence electrons. The quantitative estimate of drug-likeness (QED) is 0.727. The van der Waals surface area contributed by atoms with Gasteiger partial charge >= 0.3 is 0 Å². The molecule has 0 spiro atoms. The van der Waals surface area contributed by atoms with Crippen molar-refractivity contribution in [1.82, 2.24) is 9.80 Å². The first kappa shape index (κ1) is 19.1. The van der Waals surface area contributed by atoms with Crippen LogP contribution in [0.3, 0.4) is 0 Å². The van der Waals surface area contributed by atoms with Crippen LogP contribution >= 0.6 is 11.8 Å². The fourth-order valence-corrected chi connectivity index (χ4v) is 4.76. The number of amides is 3. The number of rotatable bonds is 4. The van der Waals surface area contributed by atoms with Crippen molar-refractivity contribution in [2.45, 2.75) is 32.1 Å². The zero-order valence-electron chi connectivity index (χ0n) is 15.9. The first-order chi connectivity index (χ1) is 13.6. The molecular weight excluding hydrogens is 374 g/mol. The average molecular weight is 400 g/mol. The van der Waals surface area contributed by atoms with Gasteiger partial charge in [-0.2, -0.15) is 0 Å². The summed E-state index contributed by atoms with van der Waals surface area (Å²) >= 11 is 0.912. The van der Waals surface area contributed by atoms with E-state index in [1.807, 2.05) is 12.1 Å². The van der Waals surface area contributed by atoms with E-state index in [1.165, 1.54) is 18.5 Å². The first-order valence-electron chi connectivity index (χ1n) is 10.00. The number of hydrogen-bond acceptors (Lipinski definition) is 5. The van der Waals surface area contributed by atoms with E-state index in [0.29, 0.717) is 18.0 Å². The van der Waals surface area contributed by atoms with Gasteiger partial charge in [0.1, 0.15) is 6.54 Å². The third kappa shape index (κ3) is 4.09. The lowest BCUT2D eigenvalue weighted by molar-refractivity contribution is -0.136. The second-order valence-electron chi connectivity index (χ2n) is 7.49. The number of thioether (sulfide) groups is 1. The predicted molar refractivity (Wildman–Crippen MR) is 111 cm³/mol. The topological polar surface area (TPSA) is 60.9 Å². The van der Waals surface area contributed by atoms with E-state index in [0.717, 1.165) is 54.6 Å². The average Bonchev–Trinajstić information content (AvgIpc) is 3.34. The number of carbonyl (C=O) groups excluding carboxylic acids is 3. The Morgan fingerprint density at radius 3 is 2.25 bits per heavy atom. The molecule has 3 fully saturated rings. The first-order valence-corrected chi connectivity index (χ1v) is 10.8. The Balaban J connectivity index is 1.42. The molecule has 0 aromatic heterocycles. The standard InChI is InChI=1S/C21H25N3O3S/c25-19(23-12-2-1-3-13-23)15-24-20(26)18(28-21(24)27)14-16-6-8-17(9-7-16)22-10-4-5-11-22/h6-9,14H,1-5,10-13,15H2/b18-14-. The summed E-state index contributed by atoms with van der Waals surface area (Å²) < 4.78 is 0. The van der Waals surface area contributed by atoms with Crippen molar-refractivity contribution in [3.63, 3.8) is 0 Å². The van der Waals surface area contributed by atoms with Gasteiger partial charge in [0.2, 0.25) is 5.91 Å². The van der Waals surface area contributed by atoms with Crippen molar-refractivity contribution in [2.75, 3.05) is 37.6 Å². The molecule has 1 aromatic carbocycles. The minimum Gasteiger partial charge on any atom is -0.372 e. The maximum Gasteiger partial charge on any atom is 0.294 e. The molecule has 0 atom stereocenters. The van der Waals surface area contributed by atoms with E-state index in [1.54, 1.807) is 11.0 Å². The highest BCUT2D eigenvalue weighted by atomic mass is 32.2. The summed E-state index contributed by atoms with van der Waals surface area (Å²) in [6.07, 6.45) is 7.30. The summed E-state index contributed by atoms with van der Waals surface area (Å²) in [5.41, 5.74) is 2.07. The van der Waals surface area contributed by atoms with E-state index in [4.69, 9.17) is 0 Å². The minimum atomic E-state index is -0.371. The van der Waals surface area contributed by atoms with Gasteiger partial charge in [0, 0.05) is 31.9 Å². The normalized spacial score (nSPS) is 21.9. The van der Waals surface area contributed by atoms with Crippen LogP contribution in [-0.4, -0.2) is 59.6 Å². The zero-order chi connectivity index (χ0) is 19.5. The number of likely N-dealkylation sites (tertiary alicyclic amines) is 1. The third-order valence-electron chi connectivity index (χ3n) is 5.54. The second-order valence-corrected chi connectivity index (χ2v) is 8.49. The number of nitrogens with zero attached hydrogens (tertiary/aromatic N) is 3. The molecule has 28 heavy (non-hydrogen) atoms. The van der Waals surface area contributed by atoms with Crippen LogP contribution in [-0.2, 0) is 9.59 Å². The summed E-state index contributed by atoms with van der Waals surface area (Å²) in [5, 5.41) is -0.365. The van der Waals surface area contributed by atoms with Crippen molar-refractivity contribution in [3.8, 4) is 0 Å². The Morgan fingerprint density at radius 1 is 0.929 bits per heavy atom. The molecule has 3 saturated heterocycles. The number of anilines is 1. The molecule has 0 radical (unpaired) electrons. The summed E-state index contributed by atoms with van der Waals surface area (Å²) in [4.78, 5) is 42.9. The van der Waals surface area contributed by atoms with Crippen molar-refractivity contribution >= 4 is 40.6 Å². The highest BCUT2D eigenvalue weighted by Crippen LogP contribution is 2.32. The van der Waals surface area contributed by atoms with Crippen LogP contribution in [0.2, 0.25) is 0 Å². The fourth-order valence-electron chi connectivity index (χ4n) is 3.92. The predicted octanol–water partition coefficient (Wildman–Crippen LogP) is 3.34. The van der Waals surface area contributed by atoms with Gasteiger partial charge in [-0.15, -0.1) is 0 Å². The van der Waals surface area contributed by atoms with Crippen LogP contribution in [0.4, 0.5) is 10.5 Å². The van der Waals surface area contributed by atoms with E-state index < -0.39 is 0 Å². The molecule has 0 aliphatic carbocycles. The SMILES string of the molecule is O=C(CN1C(=O)S/C(=C\c2ccc(N3CCCC3)cc2)C1=O)N1CCCCC1. The van der Waals surface area contributed by atoms with Crippen LogP contribution in [0.25, 0.3) is 6.08 Å². The number of carbonyl (C=O) groups is 3. The molecule has 3 aliphatic heterocycles. The Morgan fingerprint density at radius 2 is 1.57 bits per heavy atom. The van der Waals surface area contributed by atoms with Gasteiger partial charge < -0.3 is 9.80 Å². The molecule has 4 rings (SSSR count). The molecule has 3 amide bonds. The number of benzene rings is 1. The van der Waals surface area contributed by atoms with Crippen LogP contribution in [0.15, 0.2) is 29.2 Å². The lowest BCUT2D eigenvalue weighted by Crippen LogP contribution is -2.44. The van der Waals surface area contributed by atoms with Gasteiger partial charge in [-0.25, -0.2) is 0 Å². The lowest BCUT2D eigenvalue weighted by atomic mass is 10.1. The maximum absolute atomic E-state index is 12.7. The molecule has 7 heteroatoms. The summed E-state index contributed by atoms with van der Waals surface area (Å²) in [6, 6.07) is 8.06. The Bertz CT molecular complexity index is 794. The Labute approximate surface area is 169 Å². The van der Waals surface area contributed by atoms with Crippen molar-refractivity contribution in [1.29, 1.82) is 0 Å². The molecule has 0 saturated carbocycles. The zero-order valence-corrected chi connectivity index (χ0v) is 16.7. The molecule has 0 unspecified atom stereocenters. The van der Waals surface area contributed by atoms with Crippen LogP contribution in [0, 0.1) is 0 Å². The molecule has 3 aliphatic rings. The number of piperidine rings is 1. The fraction of sp³-hybridized carbons (Fsp3) is 0.476. The van der Waals surface area contributed by atoms with E-state index in [2.05, 4.69) is 17.0 Å². The molecule has 0 bridgehead atoms. The maximum atomic E-state index is 12.7. The van der Waals surface area contributed by atoms with Gasteiger partial charge in [0.15, 0.2) is 0 Å². The molecular formula is C21H25N3O3S. The van der Waals surface area contributed by atoms with Crippen molar-refractivity contribution in [3.05, 3.63) is 34.7 Å². The summed E-state index contributed by atoms with van der Waals surface area (Å²) in [5.74, 6) is -0.512. The summed E-state index contributed by atoms with van der Waals surface area (Å²) in [7, 11) is 0. The van der Waals surface area contributed by atoms with Gasteiger partial charge in [-0.05, 0) is 67.6 Å². The lowest BCUT2D eigenvalue weighted by Gasteiger charge is -2.27. The second kappa shape index (κ2) is 8.39. The van der Waals surface area contributed by atoms with Crippen molar-refractivity contribution < 1.29 is 14.4 Å². The van der Waals surface area contributed by atoms with Gasteiger partial charge in [0.05, 0.1) is 4.91 Å². The Hall–Kier alpha value is -2.28. The van der Waals surface area contributed by atoms with Gasteiger partial charge in [0.25, 0.3) is 11.1 Å². The largest absolute Gasteiger partial charge is 0.372 e. The van der Waals surface area contributed by atoms with E-state index in [9.17, 15) is 14.4 Å². The Kier molecular flexibility index (Phi) is 5.71. The van der Waals surface area contributed by atoms with Gasteiger partial charge in [-0.1, -0.05) is 12.1 Å². The minimum absolute atomic E-state index is 0.141. The van der Waals surface area contributed by atoms with E-state index >= 15 is 0 Å². The molecule has 0 N–H and O–H groups in total. The highest BCUT2D eigenvalue weighted by molar-refractivity contribution is 8.18. The number of hydrogen-bond donors (Lipinski definition) is 0. The third-order valence-corrected chi connectivity index (χ3v) is 6.45. The molecule has 6 nitrogen and oxygen atoms in total. The molecule has 3 heterocycles. The number of imide groups is 1. The highest BCUT2D eigenvalue weighted by Gasteiger charge is 2.37. The summed E-state index contributed by atoms with van der Waals surface area (Å²) in [6.45, 7) is 3.45. The van der Waals surface area contributed by atoms with E-state index in [-0.39, 0.29) is 23.6 Å². The smallest absolute Gasteiger partial charge is 0.294 e. The van der Waals surface area contributed by atoms with Gasteiger partial charge in [-0.3, -0.25) is 19.3 Å². The van der Waals surface area contributed by atoms with Crippen LogP contribution in [0.1, 0.15) is 37.7 Å². The monoisotopic (exact) mass is 399 g/mol. The van der Waals surface area contributed by atoms with Crippen molar-refractivity contribution in [2.24, 2.45) is 0 Å². The molecule has 1 aromatic rings. The van der Waals surface area contributed by atoms with Crippen LogP contribution in [0.5, 0.6) is 0 Å².